The maximum Gasteiger partial charge on any atom is 0.389 e. The van der Waals surface area contributed by atoms with Crippen LogP contribution in [0.25, 0.3) is 0 Å². The summed E-state index contributed by atoms with van der Waals surface area (Å²) in [5.41, 5.74) is 0. The van der Waals surface area contributed by atoms with E-state index in [1.807, 2.05) is 0 Å². The van der Waals surface area contributed by atoms with E-state index in [0.29, 0.717) is 6.61 Å². The molecule has 0 aliphatic carbocycles. The molecule has 0 aromatic carbocycles. The highest BCUT2D eigenvalue weighted by atomic mass is 19.4. The lowest BCUT2D eigenvalue weighted by atomic mass is 10.1. The van der Waals surface area contributed by atoms with E-state index in [-0.39, 0.29) is 13.0 Å². The van der Waals surface area contributed by atoms with Gasteiger partial charge in [0.25, 0.3) is 0 Å². The van der Waals surface area contributed by atoms with E-state index in [9.17, 15) is 13.2 Å². The highest BCUT2D eigenvalue weighted by molar-refractivity contribution is 4.50. The first-order chi connectivity index (χ1) is 8.06. The van der Waals surface area contributed by atoms with Crippen molar-refractivity contribution in [3.05, 3.63) is 0 Å². The van der Waals surface area contributed by atoms with Gasteiger partial charge in [-0.05, 0) is 12.8 Å². The zero-order valence-electron chi connectivity index (χ0n) is 10.8. The molecule has 0 radical (unpaired) electrons. The molecular weight excluding hydrogens is 229 g/mol. The van der Waals surface area contributed by atoms with Gasteiger partial charge in [0.2, 0.25) is 0 Å². The second-order valence-corrected chi connectivity index (χ2v) is 4.45. The molecule has 0 unspecified atom stereocenters. The van der Waals surface area contributed by atoms with E-state index >= 15 is 0 Å². The topological polar surface area (TPSA) is 9.23 Å². The standard InChI is InChI=1S/C13H25F3O/c1-2-3-4-5-6-7-8-11-17-12-9-10-13(14,15)16/h2-12H2,1H3. The summed E-state index contributed by atoms with van der Waals surface area (Å²) in [5, 5.41) is 0. The van der Waals surface area contributed by atoms with E-state index in [4.69, 9.17) is 4.74 Å². The van der Waals surface area contributed by atoms with Crippen molar-refractivity contribution in [3.8, 4) is 0 Å². The molecule has 0 rings (SSSR count). The van der Waals surface area contributed by atoms with Crippen LogP contribution in [0.15, 0.2) is 0 Å². The number of hydrogen-bond donors (Lipinski definition) is 0. The van der Waals surface area contributed by atoms with E-state index in [0.717, 1.165) is 12.8 Å². The Kier molecular flexibility index (Phi) is 10.7. The van der Waals surface area contributed by atoms with Gasteiger partial charge in [0.05, 0.1) is 0 Å². The highest BCUT2D eigenvalue weighted by Crippen LogP contribution is 2.21. The largest absolute Gasteiger partial charge is 0.389 e. The number of unbranched alkanes of at least 4 members (excludes halogenated alkanes) is 6. The SMILES string of the molecule is CCCCCCCCCOCCCC(F)(F)F. The number of hydrogen-bond acceptors (Lipinski definition) is 1. The molecule has 0 heterocycles. The lowest BCUT2D eigenvalue weighted by Crippen LogP contribution is -2.09. The summed E-state index contributed by atoms with van der Waals surface area (Å²) >= 11 is 0. The van der Waals surface area contributed by atoms with Crippen molar-refractivity contribution in [2.24, 2.45) is 0 Å². The van der Waals surface area contributed by atoms with Crippen molar-refractivity contribution in [1.82, 2.24) is 0 Å². The highest BCUT2D eigenvalue weighted by Gasteiger charge is 2.25. The molecule has 0 aromatic rings. The third-order valence-corrected chi connectivity index (χ3v) is 2.64. The van der Waals surface area contributed by atoms with Gasteiger partial charge < -0.3 is 4.74 Å². The van der Waals surface area contributed by atoms with Crippen LogP contribution in [0, 0.1) is 0 Å². The molecule has 104 valence electrons. The molecule has 0 aliphatic rings. The van der Waals surface area contributed by atoms with Gasteiger partial charge in [0.15, 0.2) is 0 Å². The van der Waals surface area contributed by atoms with Gasteiger partial charge in [-0.3, -0.25) is 0 Å². The molecule has 17 heavy (non-hydrogen) atoms. The van der Waals surface area contributed by atoms with Gasteiger partial charge in [-0.2, -0.15) is 13.2 Å². The van der Waals surface area contributed by atoms with Gasteiger partial charge in [-0.15, -0.1) is 0 Å². The van der Waals surface area contributed by atoms with Crippen molar-refractivity contribution < 1.29 is 17.9 Å². The molecule has 0 aliphatic heterocycles. The Bertz CT molecular complexity index is 157. The second kappa shape index (κ2) is 10.9. The Labute approximate surface area is 103 Å². The lowest BCUT2D eigenvalue weighted by molar-refractivity contribution is -0.137. The van der Waals surface area contributed by atoms with Gasteiger partial charge in [-0.25, -0.2) is 0 Å². The molecule has 0 saturated carbocycles. The minimum Gasteiger partial charge on any atom is -0.381 e. The monoisotopic (exact) mass is 254 g/mol. The van der Waals surface area contributed by atoms with E-state index in [2.05, 4.69) is 6.92 Å². The van der Waals surface area contributed by atoms with E-state index in [1.165, 1.54) is 32.1 Å². The quantitative estimate of drug-likeness (QED) is 0.466. The Hall–Kier alpha value is -0.250. The summed E-state index contributed by atoms with van der Waals surface area (Å²) in [5.74, 6) is 0. The van der Waals surface area contributed by atoms with E-state index < -0.39 is 12.6 Å². The third-order valence-electron chi connectivity index (χ3n) is 2.64. The maximum atomic E-state index is 11.8. The predicted octanol–water partition coefficient (Wildman–Crippen LogP) is 5.10. The fraction of sp³-hybridized carbons (Fsp3) is 1.00. The van der Waals surface area contributed by atoms with Gasteiger partial charge in [-0.1, -0.05) is 45.4 Å². The number of halogens is 3. The van der Waals surface area contributed by atoms with Crippen molar-refractivity contribution in [1.29, 1.82) is 0 Å². The fourth-order valence-electron chi connectivity index (χ4n) is 1.64. The summed E-state index contributed by atoms with van der Waals surface area (Å²) in [6.45, 7) is 3.02. The zero-order chi connectivity index (χ0) is 13.0. The summed E-state index contributed by atoms with van der Waals surface area (Å²) in [4.78, 5) is 0. The summed E-state index contributed by atoms with van der Waals surface area (Å²) in [6, 6.07) is 0. The van der Waals surface area contributed by atoms with E-state index in [1.54, 1.807) is 0 Å². The molecule has 0 spiro atoms. The van der Waals surface area contributed by atoms with Crippen LogP contribution < -0.4 is 0 Å². The number of rotatable bonds is 11. The summed E-state index contributed by atoms with van der Waals surface area (Å²) in [7, 11) is 0. The Morgan fingerprint density at radius 2 is 1.29 bits per heavy atom. The first-order valence-electron chi connectivity index (χ1n) is 6.70. The number of ether oxygens (including phenoxy) is 1. The molecule has 0 aromatic heterocycles. The first kappa shape index (κ1) is 16.8. The molecule has 0 amide bonds. The maximum absolute atomic E-state index is 11.8. The lowest BCUT2D eigenvalue weighted by Gasteiger charge is -2.06. The third kappa shape index (κ3) is 15.8. The average molecular weight is 254 g/mol. The Morgan fingerprint density at radius 1 is 0.765 bits per heavy atom. The molecule has 0 atom stereocenters. The van der Waals surface area contributed by atoms with Crippen molar-refractivity contribution >= 4 is 0 Å². The van der Waals surface area contributed by atoms with Gasteiger partial charge >= 0.3 is 6.18 Å². The molecular formula is C13H25F3O. The first-order valence-corrected chi connectivity index (χ1v) is 6.70. The van der Waals surface area contributed by atoms with Gasteiger partial charge in [0.1, 0.15) is 0 Å². The molecule has 1 nitrogen and oxygen atoms in total. The van der Waals surface area contributed by atoms with Crippen LogP contribution in [0.5, 0.6) is 0 Å². The van der Waals surface area contributed by atoms with Crippen molar-refractivity contribution in [2.45, 2.75) is 70.9 Å². The second-order valence-electron chi connectivity index (χ2n) is 4.45. The summed E-state index contributed by atoms with van der Waals surface area (Å²) < 4.78 is 40.5. The molecule has 0 N–H and O–H groups in total. The van der Waals surface area contributed by atoms with Gasteiger partial charge in [0, 0.05) is 19.6 Å². The van der Waals surface area contributed by atoms with Crippen LogP contribution >= 0.6 is 0 Å². The number of alkyl halides is 3. The predicted molar refractivity (Wildman–Crippen MR) is 64.1 cm³/mol. The minimum absolute atomic E-state index is 0.0833. The average Bonchev–Trinajstić information content (AvgIpc) is 2.24. The van der Waals surface area contributed by atoms with Crippen LogP contribution in [0.2, 0.25) is 0 Å². The molecule has 4 heteroatoms. The molecule has 0 fully saturated rings. The van der Waals surface area contributed by atoms with Crippen LogP contribution in [0.3, 0.4) is 0 Å². The van der Waals surface area contributed by atoms with Crippen molar-refractivity contribution in [2.75, 3.05) is 13.2 Å². The van der Waals surface area contributed by atoms with Crippen LogP contribution in [-0.4, -0.2) is 19.4 Å². The molecule has 0 bridgehead atoms. The summed E-state index contributed by atoms with van der Waals surface area (Å²) in [6.07, 6.45) is 3.74. The van der Waals surface area contributed by atoms with Crippen LogP contribution in [0.1, 0.15) is 64.7 Å². The zero-order valence-corrected chi connectivity index (χ0v) is 10.8. The Morgan fingerprint density at radius 3 is 1.88 bits per heavy atom. The van der Waals surface area contributed by atoms with Crippen molar-refractivity contribution in [3.63, 3.8) is 0 Å². The normalized spacial score (nSPS) is 12.0. The minimum atomic E-state index is -4.04. The van der Waals surface area contributed by atoms with Crippen LogP contribution in [-0.2, 0) is 4.74 Å². The Balaban J connectivity index is 2.99. The smallest absolute Gasteiger partial charge is 0.381 e. The molecule has 0 saturated heterocycles. The van der Waals surface area contributed by atoms with Crippen LogP contribution in [0.4, 0.5) is 13.2 Å². The fourth-order valence-corrected chi connectivity index (χ4v) is 1.64.